The number of carbonyl (C=O) groups excluding carboxylic acids is 1. The second-order valence-electron chi connectivity index (χ2n) is 6.13. The van der Waals surface area contributed by atoms with Gasteiger partial charge in [0.25, 0.3) is 11.1 Å². The topological polar surface area (TPSA) is 54.5 Å². The molecule has 1 atom stereocenters. The average Bonchev–Trinajstić information content (AvgIpc) is 3.05. The summed E-state index contributed by atoms with van der Waals surface area (Å²) in [4.78, 5) is 19.1. The first-order chi connectivity index (χ1) is 11.3. The van der Waals surface area contributed by atoms with E-state index in [0.29, 0.717) is 16.8 Å². The maximum atomic E-state index is 12.4. The highest BCUT2D eigenvalue weighted by molar-refractivity contribution is 7.11. The zero-order valence-corrected chi connectivity index (χ0v) is 13.6. The molecule has 2 bridgehead atoms. The molecular weight excluding hydrogens is 310 g/mol. The molecule has 6 heteroatoms. The van der Waals surface area contributed by atoms with Crippen molar-refractivity contribution in [3.8, 4) is 10.9 Å². The fourth-order valence-corrected chi connectivity index (χ4v) is 4.04. The summed E-state index contributed by atoms with van der Waals surface area (Å²) in [6.07, 6.45) is 2.37. The van der Waals surface area contributed by atoms with Crippen LogP contribution in [-0.2, 0) is 0 Å². The molecule has 3 aliphatic rings. The Bertz CT molecular complexity index is 680. The molecule has 120 valence electrons. The van der Waals surface area contributed by atoms with Gasteiger partial charge in [0, 0.05) is 18.0 Å². The second-order valence-corrected chi connectivity index (χ2v) is 6.95. The van der Waals surface area contributed by atoms with Gasteiger partial charge >= 0.3 is 0 Å². The molecule has 3 aliphatic heterocycles. The molecule has 5 rings (SSSR count). The number of carbonyl (C=O) groups is 1. The molecule has 1 N–H and O–H groups in total. The summed E-state index contributed by atoms with van der Waals surface area (Å²) in [5.74, 6) is 1.25. The Morgan fingerprint density at radius 2 is 2.04 bits per heavy atom. The lowest BCUT2D eigenvalue weighted by molar-refractivity contribution is 0.0618. The molecule has 0 radical (unpaired) electrons. The summed E-state index contributed by atoms with van der Waals surface area (Å²) >= 11 is 1.35. The minimum atomic E-state index is -0.0945. The van der Waals surface area contributed by atoms with Crippen LogP contribution in [0, 0.1) is 5.92 Å². The molecule has 5 nitrogen and oxygen atoms in total. The number of hydrogen-bond donors (Lipinski definition) is 1. The van der Waals surface area contributed by atoms with Gasteiger partial charge in [0.1, 0.15) is 11.4 Å². The van der Waals surface area contributed by atoms with Crippen molar-refractivity contribution in [3.63, 3.8) is 0 Å². The van der Waals surface area contributed by atoms with Gasteiger partial charge in [0.05, 0.1) is 0 Å². The van der Waals surface area contributed by atoms with Gasteiger partial charge in [-0.15, -0.1) is 0 Å². The maximum Gasteiger partial charge on any atom is 0.279 e. The lowest BCUT2D eigenvalue weighted by Crippen LogP contribution is -2.57. The number of thiazole rings is 1. The first-order valence-corrected chi connectivity index (χ1v) is 8.87. The minimum Gasteiger partial charge on any atom is -0.431 e. The number of nitrogens with one attached hydrogen (secondary N) is 1. The highest BCUT2D eigenvalue weighted by atomic mass is 32.1. The highest BCUT2D eigenvalue weighted by Gasteiger charge is 2.35. The number of ether oxygens (including phenoxy) is 1. The Morgan fingerprint density at radius 1 is 1.26 bits per heavy atom. The number of hydrogen-bond acceptors (Lipinski definition) is 5. The SMILES string of the molecule is O=C(N[C@H]1CN2CCC1CC2)c1csc(Oc2ccccc2)n1. The molecule has 0 aliphatic carbocycles. The zero-order chi connectivity index (χ0) is 15.6. The molecule has 1 aromatic carbocycles. The molecule has 3 saturated heterocycles. The van der Waals surface area contributed by atoms with Crippen molar-refractivity contribution in [3.05, 3.63) is 41.4 Å². The number of rotatable bonds is 4. The van der Waals surface area contributed by atoms with Crippen LogP contribution in [0.1, 0.15) is 23.3 Å². The first-order valence-electron chi connectivity index (χ1n) is 7.99. The van der Waals surface area contributed by atoms with Gasteiger partial charge in [-0.2, -0.15) is 4.98 Å². The Morgan fingerprint density at radius 3 is 2.74 bits per heavy atom. The average molecular weight is 329 g/mol. The summed E-state index contributed by atoms with van der Waals surface area (Å²) in [6, 6.07) is 9.74. The van der Waals surface area contributed by atoms with Crippen molar-refractivity contribution in [1.29, 1.82) is 0 Å². The lowest BCUT2D eigenvalue weighted by Gasteiger charge is -2.44. The smallest absolute Gasteiger partial charge is 0.279 e. The summed E-state index contributed by atoms with van der Waals surface area (Å²) < 4.78 is 5.67. The maximum absolute atomic E-state index is 12.4. The molecule has 23 heavy (non-hydrogen) atoms. The van der Waals surface area contributed by atoms with Gasteiger partial charge in [-0.3, -0.25) is 4.79 Å². The Labute approximate surface area is 139 Å². The molecule has 2 aromatic rings. The van der Waals surface area contributed by atoms with Crippen LogP contribution in [0.15, 0.2) is 35.7 Å². The fourth-order valence-electron chi connectivity index (χ4n) is 3.37. The number of nitrogens with zero attached hydrogens (tertiary/aromatic N) is 2. The van der Waals surface area contributed by atoms with Crippen LogP contribution >= 0.6 is 11.3 Å². The molecular formula is C17H19N3O2S. The van der Waals surface area contributed by atoms with Crippen LogP contribution in [-0.4, -0.2) is 41.5 Å². The van der Waals surface area contributed by atoms with E-state index in [1.54, 1.807) is 5.38 Å². The fraction of sp³-hybridized carbons (Fsp3) is 0.412. The van der Waals surface area contributed by atoms with E-state index in [4.69, 9.17) is 4.74 Å². The predicted octanol–water partition coefficient (Wildman–Crippen LogP) is 2.76. The number of aromatic nitrogens is 1. The summed E-state index contributed by atoms with van der Waals surface area (Å²) in [5, 5.41) is 5.41. The van der Waals surface area contributed by atoms with Crippen molar-refractivity contribution < 1.29 is 9.53 Å². The van der Waals surface area contributed by atoms with Crippen molar-refractivity contribution in [2.75, 3.05) is 19.6 Å². The first kappa shape index (κ1) is 14.7. The Hall–Kier alpha value is -1.92. The Balaban J connectivity index is 1.39. The quantitative estimate of drug-likeness (QED) is 0.937. The largest absolute Gasteiger partial charge is 0.431 e. The van der Waals surface area contributed by atoms with E-state index in [-0.39, 0.29) is 11.9 Å². The molecule has 3 fully saturated rings. The molecule has 0 saturated carbocycles. The number of piperidine rings is 3. The van der Waals surface area contributed by atoms with Gasteiger partial charge in [-0.1, -0.05) is 29.5 Å². The van der Waals surface area contributed by atoms with E-state index < -0.39 is 0 Å². The molecule has 1 aromatic heterocycles. The van der Waals surface area contributed by atoms with E-state index in [2.05, 4.69) is 15.2 Å². The number of para-hydroxylation sites is 1. The number of amides is 1. The second kappa shape index (κ2) is 6.29. The van der Waals surface area contributed by atoms with Crippen LogP contribution < -0.4 is 10.1 Å². The van der Waals surface area contributed by atoms with Crippen LogP contribution in [0.5, 0.6) is 10.9 Å². The normalized spacial score (nSPS) is 26.0. The standard InChI is InChI=1S/C17H19N3O2S/c21-16(18-14-10-20-8-6-12(14)7-9-20)15-11-23-17(19-15)22-13-4-2-1-3-5-13/h1-5,11-12,14H,6-10H2,(H,18,21)/t14-/m0/s1. The van der Waals surface area contributed by atoms with E-state index in [9.17, 15) is 4.79 Å². The summed E-state index contributed by atoms with van der Waals surface area (Å²) in [6.45, 7) is 3.31. The lowest BCUT2D eigenvalue weighted by atomic mass is 9.84. The third kappa shape index (κ3) is 3.23. The van der Waals surface area contributed by atoms with Gasteiger partial charge < -0.3 is 15.0 Å². The van der Waals surface area contributed by atoms with E-state index >= 15 is 0 Å². The van der Waals surface area contributed by atoms with Crippen LogP contribution in [0.25, 0.3) is 0 Å². The predicted molar refractivity (Wildman–Crippen MR) is 89.0 cm³/mol. The molecule has 0 unspecified atom stereocenters. The highest BCUT2D eigenvalue weighted by Crippen LogP contribution is 2.28. The van der Waals surface area contributed by atoms with E-state index in [1.807, 2.05) is 30.3 Å². The number of benzene rings is 1. The summed E-state index contributed by atoms with van der Waals surface area (Å²) in [5.41, 5.74) is 0.442. The van der Waals surface area contributed by atoms with Gasteiger partial charge in [0.15, 0.2) is 0 Å². The number of fused-ring (bicyclic) bond motifs is 3. The Kier molecular flexibility index (Phi) is 4.01. The summed E-state index contributed by atoms with van der Waals surface area (Å²) in [7, 11) is 0. The molecule has 0 spiro atoms. The van der Waals surface area contributed by atoms with E-state index in [1.165, 1.54) is 37.3 Å². The third-order valence-corrected chi connectivity index (χ3v) is 5.35. The van der Waals surface area contributed by atoms with Crippen molar-refractivity contribution in [1.82, 2.24) is 15.2 Å². The van der Waals surface area contributed by atoms with Gasteiger partial charge in [0.2, 0.25) is 0 Å². The van der Waals surface area contributed by atoms with Gasteiger partial charge in [-0.05, 0) is 44.0 Å². The van der Waals surface area contributed by atoms with Crippen LogP contribution in [0.3, 0.4) is 0 Å². The molecule has 4 heterocycles. The van der Waals surface area contributed by atoms with Crippen molar-refractivity contribution in [2.24, 2.45) is 5.92 Å². The molecule has 1 amide bonds. The van der Waals surface area contributed by atoms with Gasteiger partial charge in [-0.25, -0.2) is 0 Å². The van der Waals surface area contributed by atoms with E-state index in [0.717, 1.165) is 12.3 Å². The van der Waals surface area contributed by atoms with Crippen molar-refractivity contribution in [2.45, 2.75) is 18.9 Å². The third-order valence-electron chi connectivity index (χ3n) is 4.64. The van der Waals surface area contributed by atoms with Crippen LogP contribution in [0.2, 0.25) is 0 Å². The monoisotopic (exact) mass is 329 g/mol. The van der Waals surface area contributed by atoms with Crippen LogP contribution in [0.4, 0.5) is 0 Å². The minimum absolute atomic E-state index is 0.0945. The zero-order valence-electron chi connectivity index (χ0n) is 12.8. The van der Waals surface area contributed by atoms with Crippen molar-refractivity contribution >= 4 is 17.2 Å².